The molecule has 1 aliphatic rings. The third kappa shape index (κ3) is 3.96. The molecule has 0 radical (unpaired) electrons. The second-order valence-corrected chi connectivity index (χ2v) is 6.98. The van der Waals surface area contributed by atoms with Crippen molar-refractivity contribution in [1.82, 2.24) is 9.88 Å². The lowest BCUT2D eigenvalue weighted by molar-refractivity contribution is -0.132. The summed E-state index contributed by atoms with van der Waals surface area (Å²) in [6, 6.07) is 5.80. The van der Waals surface area contributed by atoms with Crippen LogP contribution in [0.15, 0.2) is 29.4 Å². The Morgan fingerprint density at radius 3 is 2.63 bits per heavy atom. The van der Waals surface area contributed by atoms with Gasteiger partial charge in [0.25, 0.3) is 0 Å². The van der Waals surface area contributed by atoms with Crippen LogP contribution in [0.1, 0.15) is 27.2 Å². The van der Waals surface area contributed by atoms with Crippen LogP contribution < -0.4 is 0 Å². The third-order valence-corrected chi connectivity index (χ3v) is 4.50. The predicted octanol–water partition coefficient (Wildman–Crippen LogP) is 3.07. The molecule has 4 heteroatoms. The number of amides is 1. The first kappa shape index (κ1) is 14.4. The van der Waals surface area contributed by atoms with E-state index in [2.05, 4.69) is 18.8 Å². The van der Waals surface area contributed by atoms with Crippen molar-refractivity contribution in [3.8, 4) is 0 Å². The van der Waals surface area contributed by atoms with Gasteiger partial charge in [-0.15, -0.1) is 0 Å². The average Bonchev–Trinajstić information content (AvgIpc) is 2.37. The molecule has 0 aliphatic carbocycles. The summed E-state index contributed by atoms with van der Waals surface area (Å²) in [5.41, 5.74) is 0. The molecule has 1 fully saturated rings. The second kappa shape index (κ2) is 6.42. The largest absolute Gasteiger partial charge is 0.341 e. The molecule has 0 bridgehead atoms. The molecule has 1 aliphatic heterocycles. The molecule has 1 aromatic heterocycles. The van der Waals surface area contributed by atoms with E-state index in [0.717, 1.165) is 18.1 Å². The molecule has 0 saturated carbocycles. The van der Waals surface area contributed by atoms with E-state index in [4.69, 9.17) is 0 Å². The molecule has 1 saturated heterocycles. The highest BCUT2D eigenvalue weighted by molar-refractivity contribution is 8.00. The highest BCUT2D eigenvalue weighted by Crippen LogP contribution is 2.26. The number of hydrogen-bond acceptors (Lipinski definition) is 3. The number of carbonyl (C=O) groups excluding carboxylic acids is 1. The topological polar surface area (TPSA) is 33.2 Å². The quantitative estimate of drug-likeness (QED) is 0.797. The summed E-state index contributed by atoms with van der Waals surface area (Å²) >= 11 is 1.55. The minimum absolute atomic E-state index is 0.0626. The summed E-state index contributed by atoms with van der Waals surface area (Å²) in [5, 5.41) is 0.855. The monoisotopic (exact) mass is 278 g/mol. The number of carbonyl (C=O) groups is 1. The van der Waals surface area contributed by atoms with Gasteiger partial charge in [0, 0.05) is 19.3 Å². The van der Waals surface area contributed by atoms with Crippen molar-refractivity contribution in [2.75, 3.05) is 13.1 Å². The number of hydrogen-bond donors (Lipinski definition) is 0. The zero-order valence-electron chi connectivity index (χ0n) is 11.9. The minimum Gasteiger partial charge on any atom is -0.341 e. The number of rotatable bonds is 3. The molecule has 0 spiro atoms. The van der Waals surface area contributed by atoms with Gasteiger partial charge in [-0.05, 0) is 37.3 Å². The molecule has 0 aromatic carbocycles. The van der Waals surface area contributed by atoms with E-state index in [9.17, 15) is 4.79 Å². The number of thioether (sulfide) groups is 1. The zero-order chi connectivity index (χ0) is 13.8. The van der Waals surface area contributed by atoms with E-state index >= 15 is 0 Å². The first-order valence-corrected chi connectivity index (χ1v) is 7.80. The molecule has 1 amide bonds. The summed E-state index contributed by atoms with van der Waals surface area (Å²) in [4.78, 5) is 18.8. The standard InChI is InChI=1S/C15H22N2OS/c1-11-8-12(2)10-17(9-11)15(18)13(3)19-14-6-4-5-7-16-14/h4-7,11-13H,8-10H2,1-3H3. The van der Waals surface area contributed by atoms with Crippen LogP contribution in [0.3, 0.4) is 0 Å². The molecule has 104 valence electrons. The van der Waals surface area contributed by atoms with Crippen molar-refractivity contribution in [3.63, 3.8) is 0 Å². The highest BCUT2D eigenvalue weighted by atomic mass is 32.2. The van der Waals surface area contributed by atoms with E-state index in [1.165, 1.54) is 6.42 Å². The molecular weight excluding hydrogens is 256 g/mol. The number of likely N-dealkylation sites (tertiary alicyclic amines) is 1. The maximum absolute atomic E-state index is 12.5. The molecule has 1 aromatic rings. The highest BCUT2D eigenvalue weighted by Gasteiger charge is 2.28. The predicted molar refractivity (Wildman–Crippen MR) is 79.1 cm³/mol. The minimum atomic E-state index is -0.0626. The maximum Gasteiger partial charge on any atom is 0.235 e. The molecule has 2 rings (SSSR count). The Morgan fingerprint density at radius 2 is 2.05 bits per heavy atom. The van der Waals surface area contributed by atoms with Gasteiger partial charge in [-0.25, -0.2) is 4.98 Å². The van der Waals surface area contributed by atoms with Gasteiger partial charge in [-0.1, -0.05) is 31.7 Å². The lowest BCUT2D eigenvalue weighted by Gasteiger charge is -2.36. The Bertz CT molecular complexity index is 413. The van der Waals surface area contributed by atoms with E-state index in [0.29, 0.717) is 11.8 Å². The number of aromatic nitrogens is 1. The van der Waals surface area contributed by atoms with Crippen LogP contribution >= 0.6 is 11.8 Å². The van der Waals surface area contributed by atoms with Crippen LogP contribution in [-0.2, 0) is 4.79 Å². The summed E-state index contributed by atoms with van der Waals surface area (Å²) < 4.78 is 0. The SMILES string of the molecule is CC1CC(C)CN(C(=O)C(C)Sc2ccccn2)C1. The second-order valence-electron chi connectivity index (χ2n) is 5.62. The van der Waals surface area contributed by atoms with Gasteiger partial charge in [0.05, 0.1) is 10.3 Å². The Kier molecular flexibility index (Phi) is 4.86. The molecule has 2 heterocycles. The summed E-state index contributed by atoms with van der Waals surface area (Å²) in [7, 11) is 0. The lowest BCUT2D eigenvalue weighted by atomic mass is 9.92. The Hall–Kier alpha value is -1.03. The van der Waals surface area contributed by atoms with E-state index in [-0.39, 0.29) is 11.2 Å². The normalized spacial score (nSPS) is 25.1. The van der Waals surface area contributed by atoms with Crippen molar-refractivity contribution in [2.24, 2.45) is 11.8 Å². The lowest BCUT2D eigenvalue weighted by Crippen LogP contribution is -2.45. The Morgan fingerprint density at radius 1 is 1.37 bits per heavy atom. The molecule has 0 N–H and O–H groups in total. The van der Waals surface area contributed by atoms with Gasteiger partial charge in [0.1, 0.15) is 0 Å². The summed E-state index contributed by atoms with van der Waals surface area (Å²) in [6.07, 6.45) is 3.00. The Labute approximate surface area is 119 Å². The van der Waals surface area contributed by atoms with Crippen molar-refractivity contribution >= 4 is 17.7 Å². The number of pyridine rings is 1. The number of piperidine rings is 1. The first-order chi connectivity index (χ1) is 9.06. The molecule has 19 heavy (non-hydrogen) atoms. The molecule has 3 nitrogen and oxygen atoms in total. The maximum atomic E-state index is 12.5. The van der Waals surface area contributed by atoms with Gasteiger partial charge in [0.2, 0.25) is 5.91 Å². The van der Waals surface area contributed by atoms with Gasteiger partial charge >= 0.3 is 0 Å². The molecular formula is C15H22N2OS. The van der Waals surface area contributed by atoms with Gasteiger partial charge in [-0.3, -0.25) is 4.79 Å². The average molecular weight is 278 g/mol. The summed E-state index contributed by atoms with van der Waals surface area (Å²) in [5.74, 6) is 1.47. The van der Waals surface area contributed by atoms with Crippen LogP contribution in [0, 0.1) is 11.8 Å². The van der Waals surface area contributed by atoms with Crippen LogP contribution in [0.25, 0.3) is 0 Å². The Balaban J connectivity index is 1.95. The third-order valence-electron chi connectivity index (χ3n) is 3.46. The van der Waals surface area contributed by atoms with Crippen LogP contribution in [0.2, 0.25) is 0 Å². The van der Waals surface area contributed by atoms with Crippen LogP contribution in [0.4, 0.5) is 0 Å². The van der Waals surface area contributed by atoms with Crippen molar-refractivity contribution in [3.05, 3.63) is 24.4 Å². The van der Waals surface area contributed by atoms with Gasteiger partial charge < -0.3 is 4.90 Å². The molecule has 3 unspecified atom stereocenters. The van der Waals surface area contributed by atoms with Gasteiger partial charge in [-0.2, -0.15) is 0 Å². The smallest absolute Gasteiger partial charge is 0.235 e. The first-order valence-electron chi connectivity index (χ1n) is 6.92. The number of nitrogens with zero attached hydrogens (tertiary/aromatic N) is 2. The fraction of sp³-hybridized carbons (Fsp3) is 0.600. The van der Waals surface area contributed by atoms with E-state index in [1.54, 1.807) is 18.0 Å². The summed E-state index contributed by atoms with van der Waals surface area (Å²) in [6.45, 7) is 8.23. The van der Waals surface area contributed by atoms with Crippen LogP contribution in [0.5, 0.6) is 0 Å². The van der Waals surface area contributed by atoms with Crippen LogP contribution in [-0.4, -0.2) is 34.1 Å². The fourth-order valence-electron chi connectivity index (χ4n) is 2.75. The van der Waals surface area contributed by atoms with E-state index < -0.39 is 0 Å². The zero-order valence-corrected chi connectivity index (χ0v) is 12.7. The van der Waals surface area contributed by atoms with Crippen molar-refractivity contribution in [1.29, 1.82) is 0 Å². The van der Waals surface area contributed by atoms with E-state index in [1.807, 2.05) is 30.0 Å². The van der Waals surface area contributed by atoms with Gasteiger partial charge in [0.15, 0.2) is 0 Å². The fourth-order valence-corrected chi connectivity index (χ4v) is 3.64. The van der Waals surface area contributed by atoms with Crippen molar-refractivity contribution < 1.29 is 4.79 Å². The van der Waals surface area contributed by atoms with Crippen molar-refractivity contribution in [2.45, 2.75) is 37.5 Å². The molecule has 3 atom stereocenters.